The van der Waals surface area contributed by atoms with Gasteiger partial charge in [0.25, 0.3) is 0 Å². The third kappa shape index (κ3) is 2.96. The quantitative estimate of drug-likeness (QED) is 0.611. The molecule has 2 nitrogen and oxygen atoms in total. The Morgan fingerprint density at radius 2 is 1.77 bits per heavy atom. The van der Waals surface area contributed by atoms with E-state index in [0.717, 1.165) is 19.4 Å². The smallest absolute Gasteiger partial charge is 0.00495 e. The Morgan fingerprint density at radius 3 is 2.31 bits per heavy atom. The average molecular weight is 184 g/mol. The van der Waals surface area contributed by atoms with Gasteiger partial charge in [0, 0.05) is 6.04 Å². The van der Waals surface area contributed by atoms with Crippen LogP contribution in [0.3, 0.4) is 0 Å². The molecule has 2 atom stereocenters. The molecule has 0 aliphatic heterocycles. The Hall–Kier alpha value is -0.0800. The lowest BCUT2D eigenvalue weighted by Gasteiger charge is -2.28. The molecular formula is C11H24N2. The summed E-state index contributed by atoms with van der Waals surface area (Å²) in [6, 6.07) is 0.339. The van der Waals surface area contributed by atoms with Crippen LogP contribution >= 0.6 is 0 Å². The average Bonchev–Trinajstić information content (AvgIpc) is 2.09. The van der Waals surface area contributed by atoms with Gasteiger partial charge >= 0.3 is 0 Å². The van der Waals surface area contributed by atoms with E-state index in [1.807, 2.05) is 0 Å². The van der Waals surface area contributed by atoms with E-state index in [4.69, 9.17) is 11.5 Å². The standard InChI is InChI=1S/C11H24N2/c1-10(2)4-5-11(3,8-12)7-9(13)6-10/h9H,4-8,12-13H2,1-3H3. The van der Waals surface area contributed by atoms with Gasteiger partial charge in [0.05, 0.1) is 0 Å². The van der Waals surface area contributed by atoms with E-state index >= 15 is 0 Å². The minimum Gasteiger partial charge on any atom is -0.330 e. The van der Waals surface area contributed by atoms with Crippen molar-refractivity contribution in [2.75, 3.05) is 6.54 Å². The molecule has 0 heterocycles. The van der Waals surface area contributed by atoms with Crippen molar-refractivity contribution in [3.8, 4) is 0 Å². The normalized spacial score (nSPS) is 39.9. The highest BCUT2D eigenvalue weighted by atomic mass is 14.7. The summed E-state index contributed by atoms with van der Waals surface area (Å²) in [5.41, 5.74) is 12.6. The van der Waals surface area contributed by atoms with Gasteiger partial charge in [-0.05, 0) is 43.1 Å². The molecule has 0 bridgehead atoms. The second-order valence-electron chi connectivity index (χ2n) is 5.85. The van der Waals surface area contributed by atoms with Gasteiger partial charge in [-0.25, -0.2) is 0 Å². The first kappa shape index (κ1) is 11.0. The van der Waals surface area contributed by atoms with Gasteiger partial charge < -0.3 is 11.5 Å². The number of nitrogens with two attached hydrogens (primary N) is 2. The molecule has 0 radical (unpaired) electrons. The van der Waals surface area contributed by atoms with Crippen LogP contribution in [-0.2, 0) is 0 Å². The topological polar surface area (TPSA) is 52.0 Å². The second kappa shape index (κ2) is 3.58. The first-order valence-electron chi connectivity index (χ1n) is 5.33. The van der Waals surface area contributed by atoms with E-state index in [0.29, 0.717) is 11.5 Å². The SMILES string of the molecule is CC1(C)CCC(C)(CN)CC(N)C1. The molecule has 0 aromatic rings. The van der Waals surface area contributed by atoms with Crippen LogP contribution < -0.4 is 11.5 Å². The third-order valence-electron chi connectivity index (χ3n) is 3.47. The summed E-state index contributed by atoms with van der Waals surface area (Å²) in [5, 5.41) is 0. The van der Waals surface area contributed by atoms with Gasteiger partial charge in [0.1, 0.15) is 0 Å². The number of hydrogen-bond acceptors (Lipinski definition) is 2. The van der Waals surface area contributed by atoms with E-state index in [1.165, 1.54) is 12.8 Å². The molecule has 0 amide bonds. The largest absolute Gasteiger partial charge is 0.330 e. The van der Waals surface area contributed by atoms with Crippen molar-refractivity contribution in [1.29, 1.82) is 0 Å². The summed E-state index contributed by atoms with van der Waals surface area (Å²) in [4.78, 5) is 0. The summed E-state index contributed by atoms with van der Waals surface area (Å²) in [6.07, 6.45) is 4.72. The summed E-state index contributed by atoms with van der Waals surface area (Å²) < 4.78 is 0. The van der Waals surface area contributed by atoms with Crippen LogP contribution in [0.2, 0.25) is 0 Å². The summed E-state index contributed by atoms with van der Waals surface area (Å²) in [7, 11) is 0. The van der Waals surface area contributed by atoms with Crippen molar-refractivity contribution in [1.82, 2.24) is 0 Å². The van der Waals surface area contributed by atoms with E-state index in [2.05, 4.69) is 20.8 Å². The molecule has 1 aliphatic rings. The van der Waals surface area contributed by atoms with Crippen molar-refractivity contribution in [2.24, 2.45) is 22.3 Å². The molecule has 78 valence electrons. The summed E-state index contributed by atoms with van der Waals surface area (Å²) in [6.45, 7) is 7.68. The lowest BCUT2D eigenvalue weighted by Crippen LogP contribution is -2.33. The minimum atomic E-state index is 0.285. The van der Waals surface area contributed by atoms with Gasteiger partial charge in [0.15, 0.2) is 0 Å². The monoisotopic (exact) mass is 184 g/mol. The van der Waals surface area contributed by atoms with E-state index in [-0.39, 0.29) is 5.41 Å². The Labute approximate surface area is 82.1 Å². The van der Waals surface area contributed by atoms with Crippen molar-refractivity contribution >= 4 is 0 Å². The van der Waals surface area contributed by atoms with Crippen LogP contribution in [0.4, 0.5) is 0 Å². The molecule has 0 aromatic heterocycles. The molecule has 1 aliphatic carbocycles. The van der Waals surface area contributed by atoms with Gasteiger partial charge in [-0.3, -0.25) is 0 Å². The van der Waals surface area contributed by atoms with Gasteiger partial charge in [-0.2, -0.15) is 0 Å². The summed E-state index contributed by atoms with van der Waals surface area (Å²) >= 11 is 0. The van der Waals surface area contributed by atoms with E-state index < -0.39 is 0 Å². The molecule has 1 rings (SSSR count). The zero-order valence-electron chi connectivity index (χ0n) is 9.27. The Morgan fingerprint density at radius 1 is 1.15 bits per heavy atom. The van der Waals surface area contributed by atoms with Crippen LogP contribution in [0.15, 0.2) is 0 Å². The van der Waals surface area contributed by atoms with Crippen LogP contribution in [0.25, 0.3) is 0 Å². The van der Waals surface area contributed by atoms with Crippen molar-refractivity contribution in [3.05, 3.63) is 0 Å². The lowest BCUT2D eigenvalue weighted by molar-refractivity contribution is 0.260. The fourth-order valence-electron chi connectivity index (χ4n) is 2.44. The molecule has 1 fully saturated rings. The molecular weight excluding hydrogens is 160 g/mol. The number of rotatable bonds is 1. The molecule has 1 saturated carbocycles. The maximum atomic E-state index is 6.11. The molecule has 2 heteroatoms. The Kier molecular flexibility index (Phi) is 3.03. The second-order valence-corrected chi connectivity index (χ2v) is 5.85. The Bertz CT molecular complexity index is 177. The van der Waals surface area contributed by atoms with Gasteiger partial charge in [-0.1, -0.05) is 20.8 Å². The highest BCUT2D eigenvalue weighted by Crippen LogP contribution is 2.41. The lowest BCUT2D eigenvalue weighted by atomic mass is 9.80. The van der Waals surface area contributed by atoms with Crippen LogP contribution in [0.5, 0.6) is 0 Å². The maximum Gasteiger partial charge on any atom is 0.00495 e. The summed E-state index contributed by atoms with van der Waals surface area (Å²) in [5.74, 6) is 0. The maximum absolute atomic E-state index is 6.11. The highest BCUT2D eigenvalue weighted by molar-refractivity contribution is 4.89. The first-order valence-corrected chi connectivity index (χ1v) is 5.33. The molecule has 0 spiro atoms. The van der Waals surface area contributed by atoms with E-state index in [1.54, 1.807) is 0 Å². The predicted octanol–water partition coefficient (Wildman–Crippen LogP) is 1.88. The van der Waals surface area contributed by atoms with Crippen molar-refractivity contribution in [3.63, 3.8) is 0 Å². The van der Waals surface area contributed by atoms with Crippen molar-refractivity contribution < 1.29 is 0 Å². The fourth-order valence-corrected chi connectivity index (χ4v) is 2.44. The number of hydrogen-bond donors (Lipinski definition) is 2. The Balaban J connectivity index is 2.69. The van der Waals surface area contributed by atoms with E-state index in [9.17, 15) is 0 Å². The van der Waals surface area contributed by atoms with Crippen LogP contribution in [0.1, 0.15) is 46.5 Å². The zero-order chi connectivity index (χ0) is 10.1. The van der Waals surface area contributed by atoms with Gasteiger partial charge in [0.2, 0.25) is 0 Å². The molecule has 13 heavy (non-hydrogen) atoms. The predicted molar refractivity (Wildman–Crippen MR) is 57.4 cm³/mol. The van der Waals surface area contributed by atoms with Crippen LogP contribution in [-0.4, -0.2) is 12.6 Å². The molecule has 4 N–H and O–H groups in total. The van der Waals surface area contributed by atoms with Gasteiger partial charge in [-0.15, -0.1) is 0 Å². The third-order valence-corrected chi connectivity index (χ3v) is 3.47. The van der Waals surface area contributed by atoms with Crippen LogP contribution in [0, 0.1) is 10.8 Å². The minimum absolute atomic E-state index is 0.285. The zero-order valence-corrected chi connectivity index (χ0v) is 9.27. The molecule has 0 saturated heterocycles. The molecule has 0 aromatic carbocycles. The highest BCUT2D eigenvalue weighted by Gasteiger charge is 2.34. The fraction of sp³-hybridized carbons (Fsp3) is 1.00. The first-order chi connectivity index (χ1) is 5.87. The van der Waals surface area contributed by atoms with Crippen molar-refractivity contribution in [2.45, 2.75) is 52.5 Å². The molecule has 2 unspecified atom stereocenters.